The highest BCUT2D eigenvalue weighted by atomic mass is 14.9. The molecule has 0 aliphatic heterocycles. The lowest BCUT2D eigenvalue weighted by Crippen LogP contribution is -2.16. The van der Waals surface area contributed by atoms with Crippen LogP contribution in [0.2, 0.25) is 0 Å². The Balaban J connectivity index is 1.90. The minimum absolute atomic E-state index is 0.431. The molecule has 0 saturated carbocycles. The Hall–Kier alpha value is -1.96. The van der Waals surface area contributed by atoms with E-state index in [0.717, 1.165) is 24.2 Å². The second kappa shape index (κ2) is 6.28. The molecule has 0 aromatic heterocycles. The van der Waals surface area contributed by atoms with E-state index in [4.69, 9.17) is 5.73 Å². The number of benzene rings is 2. The molecular weight excluding hydrogens is 232 g/mol. The largest absolute Gasteiger partial charge is 0.399 e. The summed E-state index contributed by atoms with van der Waals surface area (Å²) in [6.07, 6.45) is 2.20. The molecule has 2 aromatic carbocycles. The van der Waals surface area contributed by atoms with Crippen LogP contribution in [0.5, 0.6) is 0 Å². The Labute approximate surface area is 115 Å². The summed E-state index contributed by atoms with van der Waals surface area (Å²) < 4.78 is 0. The summed E-state index contributed by atoms with van der Waals surface area (Å²) in [4.78, 5) is 0. The molecule has 0 fully saturated rings. The number of hydrogen-bond acceptors (Lipinski definition) is 2. The fraction of sp³-hybridized carbons (Fsp3) is 0.294. The summed E-state index contributed by atoms with van der Waals surface area (Å²) in [5.41, 5.74) is 10.4. The van der Waals surface area contributed by atoms with E-state index in [0.29, 0.717) is 6.04 Å². The van der Waals surface area contributed by atoms with Gasteiger partial charge in [-0.25, -0.2) is 0 Å². The standard InChI is InChI=1S/C17H22N2/c1-13-8-11-16(18)12-17(13)19-14(2)9-10-15-6-4-3-5-7-15/h3-8,11-12,14,19H,9-10,18H2,1-2H3. The van der Waals surface area contributed by atoms with Gasteiger partial charge in [0.15, 0.2) is 0 Å². The van der Waals surface area contributed by atoms with E-state index in [1.54, 1.807) is 0 Å². The highest BCUT2D eigenvalue weighted by Crippen LogP contribution is 2.20. The molecule has 0 heterocycles. The van der Waals surface area contributed by atoms with Gasteiger partial charge in [0.05, 0.1) is 0 Å². The van der Waals surface area contributed by atoms with E-state index in [2.05, 4.69) is 55.6 Å². The van der Waals surface area contributed by atoms with Crippen LogP contribution in [0, 0.1) is 6.92 Å². The third kappa shape index (κ3) is 4.02. The molecule has 0 amide bonds. The maximum absolute atomic E-state index is 5.83. The van der Waals surface area contributed by atoms with Crippen molar-refractivity contribution in [3.63, 3.8) is 0 Å². The fourth-order valence-electron chi connectivity index (χ4n) is 2.16. The Kier molecular flexibility index (Phi) is 4.45. The van der Waals surface area contributed by atoms with E-state index >= 15 is 0 Å². The van der Waals surface area contributed by atoms with Gasteiger partial charge < -0.3 is 11.1 Å². The molecule has 1 unspecified atom stereocenters. The molecule has 0 aliphatic carbocycles. The number of hydrogen-bond donors (Lipinski definition) is 2. The van der Waals surface area contributed by atoms with E-state index in [1.807, 2.05) is 12.1 Å². The zero-order chi connectivity index (χ0) is 13.7. The van der Waals surface area contributed by atoms with Crippen molar-refractivity contribution in [1.29, 1.82) is 0 Å². The normalized spacial score (nSPS) is 12.1. The van der Waals surface area contributed by atoms with Gasteiger partial charge in [-0.15, -0.1) is 0 Å². The molecule has 2 aromatic rings. The molecular formula is C17H22N2. The molecule has 0 spiro atoms. The van der Waals surface area contributed by atoms with Crippen LogP contribution in [0.4, 0.5) is 11.4 Å². The van der Waals surface area contributed by atoms with Gasteiger partial charge in [-0.3, -0.25) is 0 Å². The zero-order valence-corrected chi connectivity index (χ0v) is 11.7. The summed E-state index contributed by atoms with van der Waals surface area (Å²) in [7, 11) is 0. The Morgan fingerprint density at radius 3 is 2.58 bits per heavy atom. The van der Waals surface area contributed by atoms with Gasteiger partial charge in [-0.2, -0.15) is 0 Å². The van der Waals surface area contributed by atoms with Crippen LogP contribution < -0.4 is 11.1 Å². The molecule has 1 atom stereocenters. The molecule has 0 bridgehead atoms. The SMILES string of the molecule is Cc1ccc(N)cc1NC(C)CCc1ccccc1. The lowest BCUT2D eigenvalue weighted by molar-refractivity contribution is 0.705. The van der Waals surface area contributed by atoms with E-state index in [1.165, 1.54) is 11.1 Å². The lowest BCUT2D eigenvalue weighted by Gasteiger charge is -2.17. The first kappa shape index (κ1) is 13.5. The van der Waals surface area contributed by atoms with Crippen molar-refractivity contribution in [2.24, 2.45) is 0 Å². The first-order valence-electron chi connectivity index (χ1n) is 6.82. The van der Waals surface area contributed by atoms with Gasteiger partial charge in [-0.05, 0) is 49.9 Å². The Bertz CT molecular complexity index is 520. The fourth-order valence-corrected chi connectivity index (χ4v) is 2.16. The second-order valence-electron chi connectivity index (χ2n) is 5.14. The second-order valence-corrected chi connectivity index (χ2v) is 5.14. The number of anilines is 2. The van der Waals surface area contributed by atoms with Gasteiger partial charge in [0.2, 0.25) is 0 Å². The first-order chi connectivity index (χ1) is 9.15. The predicted molar refractivity (Wildman–Crippen MR) is 83.4 cm³/mol. The monoisotopic (exact) mass is 254 g/mol. The molecule has 2 heteroatoms. The van der Waals surface area contributed by atoms with Crippen molar-refractivity contribution in [3.8, 4) is 0 Å². The molecule has 2 rings (SSSR count). The maximum Gasteiger partial charge on any atom is 0.0392 e. The molecule has 0 radical (unpaired) electrons. The first-order valence-corrected chi connectivity index (χ1v) is 6.82. The average Bonchev–Trinajstić information content (AvgIpc) is 2.42. The van der Waals surface area contributed by atoms with Crippen LogP contribution in [-0.4, -0.2) is 6.04 Å². The van der Waals surface area contributed by atoms with Crippen LogP contribution in [0.25, 0.3) is 0 Å². The highest BCUT2D eigenvalue weighted by Gasteiger charge is 2.05. The van der Waals surface area contributed by atoms with Crippen molar-refractivity contribution in [2.45, 2.75) is 32.7 Å². The summed E-state index contributed by atoms with van der Waals surface area (Å²) in [5.74, 6) is 0. The van der Waals surface area contributed by atoms with Crippen molar-refractivity contribution < 1.29 is 0 Å². The molecule has 3 N–H and O–H groups in total. The Morgan fingerprint density at radius 1 is 1.11 bits per heavy atom. The zero-order valence-electron chi connectivity index (χ0n) is 11.7. The van der Waals surface area contributed by atoms with E-state index in [-0.39, 0.29) is 0 Å². The van der Waals surface area contributed by atoms with Gasteiger partial charge in [0, 0.05) is 17.4 Å². The van der Waals surface area contributed by atoms with E-state index < -0.39 is 0 Å². The van der Waals surface area contributed by atoms with Crippen molar-refractivity contribution in [3.05, 3.63) is 59.7 Å². The molecule has 100 valence electrons. The summed E-state index contributed by atoms with van der Waals surface area (Å²) in [5, 5.41) is 3.54. The summed E-state index contributed by atoms with van der Waals surface area (Å²) >= 11 is 0. The van der Waals surface area contributed by atoms with Gasteiger partial charge >= 0.3 is 0 Å². The number of nitrogens with two attached hydrogens (primary N) is 1. The third-order valence-corrected chi connectivity index (χ3v) is 3.37. The minimum atomic E-state index is 0.431. The highest BCUT2D eigenvalue weighted by molar-refractivity contribution is 5.59. The average molecular weight is 254 g/mol. The van der Waals surface area contributed by atoms with Gasteiger partial charge in [0.1, 0.15) is 0 Å². The van der Waals surface area contributed by atoms with Crippen molar-refractivity contribution in [2.75, 3.05) is 11.1 Å². The number of rotatable bonds is 5. The van der Waals surface area contributed by atoms with Crippen LogP contribution in [0.15, 0.2) is 48.5 Å². The van der Waals surface area contributed by atoms with Crippen LogP contribution >= 0.6 is 0 Å². The number of nitrogen functional groups attached to an aromatic ring is 1. The molecule has 2 nitrogen and oxygen atoms in total. The van der Waals surface area contributed by atoms with Gasteiger partial charge in [0.25, 0.3) is 0 Å². The van der Waals surface area contributed by atoms with Crippen LogP contribution in [0.1, 0.15) is 24.5 Å². The summed E-state index contributed by atoms with van der Waals surface area (Å²) in [6.45, 7) is 4.32. The molecule has 19 heavy (non-hydrogen) atoms. The quantitative estimate of drug-likeness (QED) is 0.791. The van der Waals surface area contributed by atoms with Crippen molar-refractivity contribution in [1.82, 2.24) is 0 Å². The van der Waals surface area contributed by atoms with E-state index in [9.17, 15) is 0 Å². The number of nitrogens with one attached hydrogen (secondary N) is 1. The lowest BCUT2D eigenvalue weighted by atomic mass is 10.1. The third-order valence-electron chi connectivity index (χ3n) is 3.37. The topological polar surface area (TPSA) is 38.0 Å². The van der Waals surface area contributed by atoms with Crippen LogP contribution in [-0.2, 0) is 6.42 Å². The minimum Gasteiger partial charge on any atom is -0.399 e. The predicted octanol–water partition coefficient (Wildman–Crippen LogP) is 4.01. The van der Waals surface area contributed by atoms with Crippen LogP contribution in [0.3, 0.4) is 0 Å². The Morgan fingerprint density at radius 2 is 1.84 bits per heavy atom. The van der Waals surface area contributed by atoms with Crippen molar-refractivity contribution >= 4 is 11.4 Å². The number of aryl methyl sites for hydroxylation is 2. The van der Waals surface area contributed by atoms with Gasteiger partial charge in [-0.1, -0.05) is 36.4 Å². The smallest absolute Gasteiger partial charge is 0.0392 e. The summed E-state index contributed by atoms with van der Waals surface area (Å²) in [6, 6.07) is 17.0. The molecule has 0 aliphatic rings. The molecule has 0 saturated heterocycles. The maximum atomic E-state index is 5.83.